The van der Waals surface area contributed by atoms with E-state index in [9.17, 15) is 62.8 Å². The number of aromatic nitrogens is 6. The van der Waals surface area contributed by atoms with Crippen molar-refractivity contribution in [2.75, 3.05) is 25.7 Å². The first-order chi connectivity index (χ1) is 34.6. The molecule has 73 heavy (non-hydrogen) atoms. The van der Waals surface area contributed by atoms with Crippen molar-refractivity contribution < 1.29 is 66.9 Å². The third-order valence-electron chi connectivity index (χ3n) is 9.34. The number of H-pyrrole nitrogens is 2. The van der Waals surface area contributed by atoms with E-state index >= 15 is 0 Å². The van der Waals surface area contributed by atoms with Gasteiger partial charge in [0.1, 0.15) is 16.5 Å². The van der Waals surface area contributed by atoms with Crippen molar-refractivity contribution in [3.05, 3.63) is 158 Å². The third kappa shape index (κ3) is 11.7. The quantitative estimate of drug-likeness (QED) is 0.0491. The topological polar surface area (TPSA) is 399 Å². The molecule has 31 heteroatoms. The average molecular weight is 1090 g/mol. The van der Waals surface area contributed by atoms with Gasteiger partial charge in [0.15, 0.2) is 22.9 Å². The molecule has 7 aromatic rings. The van der Waals surface area contributed by atoms with Gasteiger partial charge < -0.3 is 44.2 Å². The number of para-hydroxylation sites is 3. The number of anilines is 1. The van der Waals surface area contributed by atoms with Crippen LogP contribution in [0, 0.1) is 20.2 Å². The fourth-order valence-corrected chi connectivity index (χ4v) is 8.78. The van der Waals surface area contributed by atoms with Crippen LogP contribution >= 0.6 is 34.8 Å². The lowest BCUT2D eigenvalue weighted by Crippen LogP contribution is -2.17. The number of nitrogens with zero attached hydrogens (tertiary/aromatic N) is 6. The fraction of sp³-hybridized carbons (Fsp3) is 0.0714. The molecule has 0 bridgehead atoms. The number of carbonyl (C=O) groups is 3. The molecule has 0 spiro atoms. The summed E-state index contributed by atoms with van der Waals surface area (Å²) in [6.45, 7) is -0.117. The maximum atomic E-state index is 12.9. The van der Waals surface area contributed by atoms with Crippen LogP contribution in [-0.2, 0) is 19.5 Å². The number of nitro benzene ring substituents is 2. The summed E-state index contributed by atoms with van der Waals surface area (Å²) in [6.07, 6.45) is 0. The number of sulfonamides is 1. The van der Waals surface area contributed by atoms with Gasteiger partial charge in [0.05, 0.1) is 50.9 Å². The summed E-state index contributed by atoms with van der Waals surface area (Å²) in [4.78, 5) is 98.3. The number of aromatic hydroxyl groups is 2. The molecule has 1 aliphatic heterocycles. The third-order valence-corrected chi connectivity index (χ3v) is 11.8. The fourth-order valence-electron chi connectivity index (χ4n) is 6.15. The number of aromatic carboxylic acids is 1. The van der Waals surface area contributed by atoms with Crippen LogP contribution in [0.3, 0.4) is 0 Å². The number of rotatable bonds is 11. The second-order valence-electron chi connectivity index (χ2n) is 13.8. The largest absolute Gasteiger partial charge is 0.501 e. The summed E-state index contributed by atoms with van der Waals surface area (Å²) >= 11 is 17.8. The molecule has 0 fully saturated rings. The van der Waals surface area contributed by atoms with Gasteiger partial charge >= 0.3 is 17.9 Å². The Morgan fingerprint density at radius 2 is 1.18 bits per heavy atom. The molecular formula is C42H28Cl3N9O18S. The summed E-state index contributed by atoms with van der Waals surface area (Å²) in [6, 6.07) is 19.6. The number of methoxy groups -OCH3 is 2. The minimum atomic E-state index is -4.32. The zero-order chi connectivity index (χ0) is 53.5. The van der Waals surface area contributed by atoms with Crippen LogP contribution in [-0.4, -0.2) is 102 Å². The maximum absolute atomic E-state index is 12.9. The van der Waals surface area contributed by atoms with E-state index in [1.807, 2.05) is 0 Å². The zero-order valence-corrected chi connectivity index (χ0v) is 39.6. The SMILES string of the molecule is COC(=O)c1nc(-c2ccccc2[N+](=O)[O-])[nH]c(=O)c1O.COC(=O)c1nc(-c2ccccc2[N+](=O)[O-])nc2c1OCO2.O=C(O)c1nc(-c2ccccc2NS(=O)(=O)c2c(Cl)cc(Cl)cc2Cl)[nH]c(=O)c1O. The van der Waals surface area contributed by atoms with Crippen LogP contribution in [0.25, 0.3) is 34.2 Å². The van der Waals surface area contributed by atoms with Crippen LogP contribution in [0.2, 0.25) is 15.1 Å². The molecule has 376 valence electrons. The molecule has 27 nitrogen and oxygen atoms in total. The summed E-state index contributed by atoms with van der Waals surface area (Å²) < 4.78 is 47.4. The number of nitro groups is 2. The Labute approximate surface area is 420 Å². The van der Waals surface area contributed by atoms with Gasteiger partial charge in [0.25, 0.3) is 38.4 Å². The summed E-state index contributed by atoms with van der Waals surface area (Å²) in [7, 11) is -2.08. The van der Waals surface area contributed by atoms with Gasteiger partial charge in [0, 0.05) is 22.7 Å². The number of fused-ring (bicyclic) bond motifs is 1. The van der Waals surface area contributed by atoms with Gasteiger partial charge in [-0.25, -0.2) is 37.8 Å². The smallest absolute Gasteiger partial charge is 0.360 e. The molecule has 6 N–H and O–H groups in total. The highest BCUT2D eigenvalue weighted by Crippen LogP contribution is 2.38. The van der Waals surface area contributed by atoms with E-state index in [2.05, 4.69) is 44.1 Å². The number of nitrogens with one attached hydrogen (secondary N) is 3. The molecule has 0 unspecified atom stereocenters. The van der Waals surface area contributed by atoms with E-state index < -0.39 is 76.7 Å². The Morgan fingerprint density at radius 1 is 0.699 bits per heavy atom. The van der Waals surface area contributed by atoms with Crippen LogP contribution in [0.5, 0.6) is 23.1 Å². The Morgan fingerprint density at radius 3 is 1.74 bits per heavy atom. The molecule has 8 rings (SSSR count). The molecule has 4 aromatic carbocycles. The summed E-state index contributed by atoms with van der Waals surface area (Å²) in [5.41, 5.74) is -4.12. The molecule has 3 aromatic heterocycles. The van der Waals surface area contributed by atoms with Crippen LogP contribution in [0.15, 0.2) is 99.4 Å². The number of carbonyl (C=O) groups excluding carboxylic acids is 2. The van der Waals surface area contributed by atoms with Gasteiger partial charge in [-0.05, 0) is 36.4 Å². The molecule has 4 heterocycles. The highest BCUT2D eigenvalue weighted by molar-refractivity contribution is 7.93. The number of hydrogen-bond donors (Lipinski definition) is 6. The molecule has 0 amide bonds. The van der Waals surface area contributed by atoms with Crippen LogP contribution in [0.1, 0.15) is 31.5 Å². The maximum Gasteiger partial charge on any atom is 0.360 e. The Hall–Kier alpha value is -9.25. The highest BCUT2D eigenvalue weighted by Gasteiger charge is 2.30. The standard InChI is InChI=1S/C17H10Cl3N3O6S.C13H9N3O6.C12H9N3O6/c18-7-5-9(19)14(10(20)6-7)30(28,29)23-11-4-2-1-3-8(11)15-21-12(17(26)27)13(24)16(25)22-15;1-20-13(17)9-10-12(22-6-21-10)15-11(14-9)7-4-2-3-5-8(7)16(18)19;1-21-12(18)8-9(16)11(17)14-10(13-8)6-4-2-3-5-7(6)15(19)20/h1-6,23-24H,(H,26,27)(H,21,22,25);2-5H,6H2,1H3;2-5,16H,1H3,(H,13,14,17). The minimum absolute atomic E-state index is 0.00440. The highest BCUT2D eigenvalue weighted by atomic mass is 35.5. The number of halogens is 3. The van der Waals surface area contributed by atoms with Crippen molar-refractivity contribution in [1.29, 1.82) is 0 Å². The first-order valence-electron chi connectivity index (χ1n) is 19.6. The Bertz CT molecular complexity index is 3610. The number of aromatic amines is 2. The molecular weight excluding hydrogens is 1060 g/mol. The van der Waals surface area contributed by atoms with Crippen LogP contribution in [0.4, 0.5) is 17.1 Å². The van der Waals surface area contributed by atoms with Crippen molar-refractivity contribution in [2.24, 2.45) is 0 Å². The lowest BCUT2D eigenvalue weighted by molar-refractivity contribution is -0.384. The lowest BCUT2D eigenvalue weighted by atomic mass is 10.1. The van der Waals surface area contributed by atoms with E-state index in [0.29, 0.717) is 0 Å². The number of benzene rings is 4. The molecule has 0 saturated heterocycles. The Balaban J connectivity index is 0.000000183. The molecule has 1 aliphatic rings. The van der Waals surface area contributed by atoms with Gasteiger partial charge in [-0.2, -0.15) is 4.98 Å². The van der Waals surface area contributed by atoms with Crippen molar-refractivity contribution in [3.8, 4) is 57.3 Å². The zero-order valence-electron chi connectivity index (χ0n) is 36.5. The predicted molar refractivity (Wildman–Crippen MR) is 253 cm³/mol. The lowest BCUT2D eigenvalue weighted by Gasteiger charge is -2.14. The van der Waals surface area contributed by atoms with Crippen molar-refractivity contribution in [1.82, 2.24) is 29.9 Å². The van der Waals surface area contributed by atoms with E-state index in [1.165, 1.54) is 86.0 Å². The molecule has 0 saturated carbocycles. The van der Waals surface area contributed by atoms with E-state index in [-0.39, 0.29) is 90.4 Å². The van der Waals surface area contributed by atoms with Gasteiger partial charge in [0.2, 0.25) is 24.0 Å². The normalized spacial score (nSPS) is 11.2. The minimum Gasteiger partial charge on any atom is -0.501 e. The predicted octanol–water partition coefficient (Wildman–Crippen LogP) is 6.01. The van der Waals surface area contributed by atoms with E-state index in [0.717, 1.165) is 7.11 Å². The van der Waals surface area contributed by atoms with Crippen molar-refractivity contribution in [2.45, 2.75) is 4.90 Å². The van der Waals surface area contributed by atoms with Crippen LogP contribution < -0.4 is 25.3 Å². The monoisotopic (exact) mass is 1080 g/mol. The van der Waals surface area contributed by atoms with Gasteiger partial charge in [-0.15, -0.1) is 0 Å². The molecule has 0 aliphatic carbocycles. The average Bonchev–Trinajstić information content (AvgIpc) is 3.84. The second-order valence-corrected chi connectivity index (χ2v) is 16.7. The Kier molecular flexibility index (Phi) is 16.2. The number of hydrogen-bond acceptors (Lipinski definition) is 21. The first kappa shape index (κ1) is 53.1. The molecule has 0 atom stereocenters. The summed E-state index contributed by atoms with van der Waals surface area (Å²) in [5, 5.41) is 50.0. The van der Waals surface area contributed by atoms with E-state index in [1.54, 1.807) is 6.07 Å². The summed E-state index contributed by atoms with van der Waals surface area (Å²) in [5.74, 6) is -5.82. The number of ether oxygens (including phenoxy) is 4. The van der Waals surface area contributed by atoms with E-state index in [4.69, 9.17) is 49.4 Å². The number of esters is 2. The van der Waals surface area contributed by atoms with Gasteiger partial charge in [-0.3, -0.25) is 34.5 Å². The van der Waals surface area contributed by atoms with Crippen molar-refractivity contribution in [3.63, 3.8) is 0 Å². The van der Waals surface area contributed by atoms with Gasteiger partial charge in [-0.1, -0.05) is 71.2 Å². The number of carboxylic acid groups (broad SMARTS) is 1. The van der Waals surface area contributed by atoms with Crippen molar-refractivity contribution >= 4 is 79.8 Å². The number of carboxylic acids is 1. The molecule has 0 radical (unpaired) electrons. The second kappa shape index (κ2) is 22.2. The first-order valence-corrected chi connectivity index (χ1v) is 22.2.